The van der Waals surface area contributed by atoms with E-state index in [-0.39, 0.29) is 11.9 Å². The van der Waals surface area contributed by atoms with Crippen LogP contribution in [-0.2, 0) is 14.3 Å². The van der Waals surface area contributed by atoms with Crippen molar-refractivity contribution in [1.82, 2.24) is 10.2 Å². The number of carbonyl (C=O) groups is 2. The Morgan fingerprint density at radius 3 is 2.41 bits per heavy atom. The number of carbonyl (C=O) groups excluding carboxylic acids is 2. The molecular weight excluding hydrogens is 342 g/mol. The lowest BCUT2D eigenvalue weighted by Gasteiger charge is -2.36. The number of rotatable bonds is 7. The van der Waals surface area contributed by atoms with Crippen molar-refractivity contribution in [3.05, 3.63) is 29.3 Å². The average Bonchev–Trinajstić information content (AvgIpc) is 2.63. The summed E-state index contributed by atoms with van der Waals surface area (Å²) < 4.78 is 4.81. The van der Waals surface area contributed by atoms with Gasteiger partial charge in [0.1, 0.15) is 6.04 Å². The van der Waals surface area contributed by atoms with E-state index in [0.29, 0.717) is 18.9 Å². The van der Waals surface area contributed by atoms with E-state index >= 15 is 0 Å². The van der Waals surface area contributed by atoms with Gasteiger partial charge in [-0.3, -0.25) is 9.69 Å². The van der Waals surface area contributed by atoms with Gasteiger partial charge in [0.15, 0.2) is 0 Å². The molecule has 0 unspecified atom stereocenters. The Kier molecular flexibility index (Phi) is 7.66. The molecule has 1 saturated heterocycles. The first-order valence-corrected chi connectivity index (χ1v) is 9.72. The molecule has 0 aromatic heterocycles. The van der Waals surface area contributed by atoms with Crippen LogP contribution >= 0.6 is 0 Å². The van der Waals surface area contributed by atoms with Crippen molar-refractivity contribution in [2.24, 2.45) is 5.92 Å². The summed E-state index contributed by atoms with van der Waals surface area (Å²) in [6.07, 6.45) is 0.582. The van der Waals surface area contributed by atoms with Crippen LogP contribution in [0.15, 0.2) is 18.2 Å². The molecule has 1 aromatic rings. The van der Waals surface area contributed by atoms with Crippen molar-refractivity contribution in [1.29, 1.82) is 0 Å². The molecule has 2 rings (SSSR count). The maximum atomic E-state index is 12.4. The third kappa shape index (κ3) is 5.96. The normalized spacial score (nSPS) is 16.3. The van der Waals surface area contributed by atoms with Gasteiger partial charge in [-0.15, -0.1) is 0 Å². The van der Waals surface area contributed by atoms with Gasteiger partial charge >= 0.3 is 5.97 Å². The summed E-state index contributed by atoms with van der Waals surface area (Å²) in [7, 11) is 1.36. The molecule has 1 heterocycles. The largest absolute Gasteiger partial charge is 0.467 e. The monoisotopic (exact) mass is 375 g/mol. The lowest BCUT2D eigenvalue weighted by Crippen LogP contribution is -2.52. The first kappa shape index (κ1) is 21.2. The number of piperazine rings is 1. The summed E-state index contributed by atoms with van der Waals surface area (Å²) in [6, 6.07) is 5.82. The first-order chi connectivity index (χ1) is 12.8. The smallest absolute Gasteiger partial charge is 0.328 e. The van der Waals surface area contributed by atoms with Crippen molar-refractivity contribution in [2.75, 3.05) is 44.7 Å². The molecule has 1 fully saturated rings. The third-order valence-electron chi connectivity index (χ3n) is 5.18. The minimum atomic E-state index is -0.571. The van der Waals surface area contributed by atoms with Crippen LogP contribution in [0.4, 0.5) is 5.69 Å². The van der Waals surface area contributed by atoms with Gasteiger partial charge in [0.25, 0.3) is 0 Å². The fourth-order valence-electron chi connectivity index (χ4n) is 3.50. The third-order valence-corrected chi connectivity index (χ3v) is 5.18. The molecule has 1 aliphatic heterocycles. The van der Waals surface area contributed by atoms with Crippen LogP contribution in [0.5, 0.6) is 0 Å². The zero-order valence-electron chi connectivity index (χ0n) is 17.2. The Bertz CT molecular complexity index is 652. The van der Waals surface area contributed by atoms with Gasteiger partial charge in [-0.1, -0.05) is 26.0 Å². The van der Waals surface area contributed by atoms with Crippen molar-refractivity contribution in [3.8, 4) is 0 Å². The standard InChI is InChI=1S/C21H33N3O3/c1-15(2)13-18(21(26)27-5)22-20(25)14-23-9-11-24(12-10-23)19-8-6-7-16(3)17(19)4/h6-8,15,18H,9-14H2,1-5H3,(H,22,25)/t18-/m0/s1. The van der Waals surface area contributed by atoms with E-state index in [2.05, 4.69) is 47.2 Å². The van der Waals surface area contributed by atoms with Gasteiger partial charge in [0.2, 0.25) is 5.91 Å². The minimum absolute atomic E-state index is 0.119. The van der Waals surface area contributed by atoms with Crippen LogP contribution in [0.1, 0.15) is 31.4 Å². The van der Waals surface area contributed by atoms with Gasteiger partial charge in [-0.25, -0.2) is 4.79 Å². The van der Waals surface area contributed by atoms with Crippen LogP contribution in [-0.4, -0.2) is 62.7 Å². The van der Waals surface area contributed by atoms with Crippen LogP contribution < -0.4 is 10.2 Å². The van der Waals surface area contributed by atoms with E-state index in [1.807, 2.05) is 13.8 Å². The van der Waals surface area contributed by atoms with Gasteiger partial charge < -0.3 is 15.0 Å². The molecule has 1 N–H and O–H groups in total. The lowest BCUT2D eigenvalue weighted by atomic mass is 10.0. The van der Waals surface area contributed by atoms with Gasteiger partial charge in [-0.2, -0.15) is 0 Å². The van der Waals surface area contributed by atoms with E-state index in [4.69, 9.17) is 4.74 Å². The summed E-state index contributed by atoms with van der Waals surface area (Å²) in [5.41, 5.74) is 3.90. The fourth-order valence-corrected chi connectivity index (χ4v) is 3.50. The second-order valence-electron chi connectivity index (χ2n) is 7.76. The Labute approximate surface area is 162 Å². The predicted octanol–water partition coefficient (Wildman–Crippen LogP) is 2.13. The summed E-state index contributed by atoms with van der Waals surface area (Å²) in [4.78, 5) is 28.8. The Balaban J connectivity index is 1.86. The second kappa shape index (κ2) is 9.74. The number of methoxy groups -OCH3 is 1. The molecule has 1 aliphatic rings. The Morgan fingerprint density at radius 1 is 1.15 bits per heavy atom. The van der Waals surface area contributed by atoms with E-state index in [1.165, 1.54) is 23.9 Å². The van der Waals surface area contributed by atoms with Crippen LogP contribution in [0.3, 0.4) is 0 Å². The topological polar surface area (TPSA) is 61.9 Å². The highest BCUT2D eigenvalue weighted by Crippen LogP contribution is 2.23. The summed E-state index contributed by atoms with van der Waals surface area (Å²) >= 11 is 0. The maximum absolute atomic E-state index is 12.4. The zero-order chi connectivity index (χ0) is 20.0. The number of anilines is 1. The molecule has 0 bridgehead atoms. The van der Waals surface area contributed by atoms with Gasteiger partial charge in [0.05, 0.1) is 13.7 Å². The SMILES string of the molecule is COC(=O)[C@H](CC(C)C)NC(=O)CN1CCN(c2cccc(C)c2C)CC1. The molecule has 27 heavy (non-hydrogen) atoms. The summed E-state index contributed by atoms with van der Waals surface area (Å²) in [6.45, 7) is 12.1. The molecule has 1 amide bonds. The first-order valence-electron chi connectivity index (χ1n) is 9.72. The molecule has 0 aliphatic carbocycles. The number of amides is 1. The number of nitrogens with zero attached hydrogens (tertiary/aromatic N) is 2. The van der Waals surface area contributed by atoms with Gasteiger partial charge in [-0.05, 0) is 43.4 Å². The predicted molar refractivity (Wildman–Crippen MR) is 108 cm³/mol. The van der Waals surface area contributed by atoms with Crippen molar-refractivity contribution in [3.63, 3.8) is 0 Å². The number of benzene rings is 1. The van der Waals surface area contributed by atoms with E-state index in [0.717, 1.165) is 26.2 Å². The van der Waals surface area contributed by atoms with E-state index in [1.54, 1.807) is 0 Å². The molecular formula is C21H33N3O3. The highest BCUT2D eigenvalue weighted by Gasteiger charge is 2.25. The van der Waals surface area contributed by atoms with Crippen LogP contribution in [0.25, 0.3) is 0 Å². The molecule has 0 spiro atoms. The van der Waals surface area contributed by atoms with Crippen molar-refractivity contribution in [2.45, 2.75) is 40.2 Å². The molecule has 6 heteroatoms. The summed E-state index contributed by atoms with van der Waals surface area (Å²) in [5.74, 6) is -0.196. The number of hydrogen-bond donors (Lipinski definition) is 1. The molecule has 150 valence electrons. The number of ether oxygens (including phenoxy) is 1. The molecule has 6 nitrogen and oxygen atoms in total. The van der Waals surface area contributed by atoms with Gasteiger partial charge in [0, 0.05) is 31.9 Å². The molecule has 1 aromatic carbocycles. The highest BCUT2D eigenvalue weighted by molar-refractivity contribution is 5.85. The average molecular weight is 376 g/mol. The van der Waals surface area contributed by atoms with Crippen molar-refractivity contribution >= 4 is 17.6 Å². The lowest BCUT2D eigenvalue weighted by molar-refractivity contribution is -0.145. The zero-order valence-corrected chi connectivity index (χ0v) is 17.2. The summed E-state index contributed by atoms with van der Waals surface area (Å²) in [5, 5.41) is 2.84. The molecule has 1 atom stereocenters. The number of nitrogens with one attached hydrogen (secondary N) is 1. The number of aryl methyl sites for hydroxylation is 1. The quantitative estimate of drug-likeness (QED) is 0.740. The number of hydrogen-bond acceptors (Lipinski definition) is 5. The second-order valence-corrected chi connectivity index (χ2v) is 7.76. The number of esters is 1. The van der Waals surface area contributed by atoms with Crippen LogP contribution in [0.2, 0.25) is 0 Å². The van der Waals surface area contributed by atoms with E-state index in [9.17, 15) is 9.59 Å². The highest BCUT2D eigenvalue weighted by atomic mass is 16.5. The fraction of sp³-hybridized carbons (Fsp3) is 0.619. The Morgan fingerprint density at radius 2 is 1.81 bits per heavy atom. The molecule has 0 radical (unpaired) electrons. The van der Waals surface area contributed by atoms with E-state index < -0.39 is 6.04 Å². The molecule has 0 saturated carbocycles. The Hall–Kier alpha value is -2.08. The van der Waals surface area contributed by atoms with Crippen molar-refractivity contribution < 1.29 is 14.3 Å². The minimum Gasteiger partial charge on any atom is -0.467 e. The van der Waals surface area contributed by atoms with Crippen LogP contribution in [0, 0.1) is 19.8 Å². The maximum Gasteiger partial charge on any atom is 0.328 e.